The number of nitrogens with zero attached hydrogens (tertiary/aromatic N) is 1. The molecule has 121 valence electrons. The molecule has 2 atom stereocenters. The van der Waals surface area contributed by atoms with Crippen molar-refractivity contribution in [3.63, 3.8) is 0 Å². The van der Waals surface area contributed by atoms with Crippen LogP contribution in [0.15, 0.2) is 36.4 Å². The van der Waals surface area contributed by atoms with Gasteiger partial charge in [-0.1, -0.05) is 11.6 Å². The molecule has 8 heteroatoms. The van der Waals surface area contributed by atoms with Crippen molar-refractivity contribution in [2.24, 2.45) is 0 Å². The Morgan fingerprint density at radius 1 is 1.33 bits per heavy atom. The fourth-order valence-electron chi connectivity index (χ4n) is 2.85. The molecule has 1 N–H and O–H groups in total. The van der Waals surface area contributed by atoms with Gasteiger partial charge in [0, 0.05) is 59.9 Å². The first kappa shape index (κ1) is 18.8. The van der Waals surface area contributed by atoms with Gasteiger partial charge in [-0.05, 0) is 18.2 Å². The maximum absolute atomic E-state index is 11.9. The van der Waals surface area contributed by atoms with Crippen LogP contribution in [0.5, 0.6) is 11.5 Å². The van der Waals surface area contributed by atoms with E-state index >= 15 is 0 Å². The SMILES string of the molecule is O=C(O)[C@@H]1c2cc(Cl)ccc2Oc2cc[c-]cc2[C@H]1C[N+](=O)[O-].[Y]. The van der Waals surface area contributed by atoms with Gasteiger partial charge in [-0.3, -0.25) is 14.9 Å². The van der Waals surface area contributed by atoms with E-state index in [-0.39, 0.29) is 32.7 Å². The van der Waals surface area contributed by atoms with E-state index in [0.29, 0.717) is 27.6 Å². The molecule has 0 spiro atoms. The molecule has 0 unspecified atom stereocenters. The molecule has 1 heterocycles. The Hall–Kier alpha value is -1.50. The largest absolute Gasteiger partial charge is 0.482 e. The van der Waals surface area contributed by atoms with Gasteiger partial charge in [0.2, 0.25) is 6.54 Å². The summed E-state index contributed by atoms with van der Waals surface area (Å²) in [7, 11) is 0. The van der Waals surface area contributed by atoms with E-state index in [2.05, 4.69) is 6.07 Å². The maximum Gasteiger partial charge on any atom is 0.310 e. The van der Waals surface area contributed by atoms with E-state index in [1.807, 2.05) is 0 Å². The van der Waals surface area contributed by atoms with Crippen molar-refractivity contribution in [3.8, 4) is 11.5 Å². The normalized spacial score (nSPS) is 18.2. The molecule has 0 saturated carbocycles. The first-order chi connectivity index (χ1) is 11.0. The van der Waals surface area contributed by atoms with Crippen LogP contribution in [0, 0.1) is 16.2 Å². The van der Waals surface area contributed by atoms with E-state index < -0.39 is 29.3 Å². The van der Waals surface area contributed by atoms with E-state index in [1.54, 1.807) is 24.3 Å². The molecule has 6 nitrogen and oxygen atoms in total. The average Bonchev–Trinajstić information content (AvgIpc) is 2.61. The van der Waals surface area contributed by atoms with Crippen molar-refractivity contribution < 1.29 is 52.3 Å². The molecule has 0 amide bonds. The third-order valence-corrected chi connectivity index (χ3v) is 4.03. The standard InChI is InChI=1S/C16H11ClNO5.Y/c17-9-5-6-14-11(7-9)15(16(19)20)12(8-18(21)22)10-3-1-2-4-13(10)23-14;/h2-7,12,15H,8H2,(H,19,20);/q-1;/t12-,15-;/m1./s1. The molecule has 0 fully saturated rings. The summed E-state index contributed by atoms with van der Waals surface area (Å²) < 4.78 is 5.79. The van der Waals surface area contributed by atoms with Crippen LogP contribution in [0.2, 0.25) is 5.02 Å². The number of hydrogen-bond donors (Lipinski definition) is 1. The summed E-state index contributed by atoms with van der Waals surface area (Å²) in [5, 5.41) is 21.1. The van der Waals surface area contributed by atoms with E-state index in [4.69, 9.17) is 16.3 Å². The number of carboxylic acids is 1. The topological polar surface area (TPSA) is 89.7 Å². The molecular weight excluding hydrogens is 411 g/mol. The number of carboxylic acid groups (broad SMARTS) is 1. The van der Waals surface area contributed by atoms with Gasteiger partial charge >= 0.3 is 5.97 Å². The summed E-state index contributed by atoms with van der Waals surface area (Å²) in [6.45, 7) is -0.531. The number of hydrogen-bond acceptors (Lipinski definition) is 4. The van der Waals surface area contributed by atoms with Crippen LogP contribution in [-0.2, 0) is 37.5 Å². The van der Waals surface area contributed by atoms with Gasteiger partial charge in [0.25, 0.3) is 0 Å². The number of carbonyl (C=O) groups is 1. The fourth-order valence-corrected chi connectivity index (χ4v) is 3.03. The Kier molecular flexibility index (Phi) is 5.96. The van der Waals surface area contributed by atoms with Gasteiger partial charge in [0.1, 0.15) is 5.75 Å². The molecular formula is C16H11ClNO5Y-. The van der Waals surface area contributed by atoms with Crippen molar-refractivity contribution >= 4 is 17.6 Å². The van der Waals surface area contributed by atoms with Crippen LogP contribution in [0.3, 0.4) is 0 Å². The van der Waals surface area contributed by atoms with Crippen molar-refractivity contribution in [3.05, 3.63) is 68.7 Å². The number of benzene rings is 2. The van der Waals surface area contributed by atoms with Crippen molar-refractivity contribution in [2.45, 2.75) is 11.8 Å². The minimum absolute atomic E-state index is 0. The molecule has 1 aliphatic rings. The molecule has 0 saturated heterocycles. The van der Waals surface area contributed by atoms with Gasteiger partial charge in [-0.25, -0.2) is 0 Å². The Balaban J connectivity index is 0.00000208. The fraction of sp³-hybridized carbons (Fsp3) is 0.188. The van der Waals surface area contributed by atoms with Gasteiger partial charge in [0.05, 0.1) is 5.92 Å². The van der Waals surface area contributed by atoms with Crippen LogP contribution >= 0.6 is 11.6 Å². The van der Waals surface area contributed by atoms with Crippen LogP contribution in [0.1, 0.15) is 23.0 Å². The number of nitro groups is 1. The van der Waals surface area contributed by atoms with Gasteiger partial charge in [0.15, 0.2) is 0 Å². The summed E-state index contributed by atoms with van der Waals surface area (Å²) in [4.78, 5) is 22.4. The minimum Gasteiger partial charge on any atom is -0.482 e. The minimum atomic E-state index is -1.17. The third kappa shape index (κ3) is 3.61. The molecule has 0 aromatic heterocycles. The number of fused-ring (bicyclic) bond motifs is 2. The Morgan fingerprint density at radius 3 is 2.71 bits per heavy atom. The Labute approximate surface area is 167 Å². The maximum atomic E-state index is 11.9. The zero-order valence-electron chi connectivity index (χ0n) is 12.3. The second-order valence-corrected chi connectivity index (χ2v) is 5.62. The van der Waals surface area contributed by atoms with E-state index in [0.717, 1.165) is 0 Å². The average molecular weight is 422 g/mol. The molecule has 0 bridgehead atoms. The van der Waals surface area contributed by atoms with Crippen molar-refractivity contribution in [1.82, 2.24) is 0 Å². The summed E-state index contributed by atoms with van der Waals surface area (Å²) in [6.07, 6.45) is 0. The van der Waals surface area contributed by atoms with Gasteiger partial charge in [-0.15, -0.1) is 11.6 Å². The Morgan fingerprint density at radius 2 is 2.04 bits per heavy atom. The predicted octanol–water partition coefficient (Wildman–Crippen LogP) is 3.47. The zero-order chi connectivity index (χ0) is 16.6. The summed E-state index contributed by atoms with van der Waals surface area (Å²) in [5.41, 5.74) is 0.775. The molecule has 2 aromatic carbocycles. The van der Waals surface area contributed by atoms with Crippen molar-refractivity contribution in [2.75, 3.05) is 6.54 Å². The second-order valence-electron chi connectivity index (χ2n) is 5.19. The number of aliphatic carboxylic acids is 1. The number of ether oxygens (including phenoxy) is 1. The summed E-state index contributed by atoms with van der Waals surface area (Å²) >= 11 is 5.98. The molecule has 3 rings (SSSR count). The third-order valence-electron chi connectivity index (χ3n) is 3.79. The van der Waals surface area contributed by atoms with E-state index in [1.165, 1.54) is 12.1 Å². The number of halogens is 1. The van der Waals surface area contributed by atoms with Crippen LogP contribution in [0.25, 0.3) is 0 Å². The van der Waals surface area contributed by atoms with Gasteiger partial charge < -0.3 is 9.84 Å². The first-order valence-corrected chi connectivity index (χ1v) is 7.17. The Bertz CT molecular complexity index is 798. The first-order valence-electron chi connectivity index (χ1n) is 6.79. The molecule has 24 heavy (non-hydrogen) atoms. The predicted molar refractivity (Wildman–Crippen MR) is 81.8 cm³/mol. The van der Waals surface area contributed by atoms with Crippen LogP contribution < -0.4 is 4.74 Å². The summed E-state index contributed by atoms with van der Waals surface area (Å²) in [5.74, 6) is -2.45. The smallest absolute Gasteiger partial charge is 0.310 e. The monoisotopic (exact) mass is 421 g/mol. The van der Waals surface area contributed by atoms with E-state index in [9.17, 15) is 20.0 Å². The molecule has 1 radical (unpaired) electrons. The van der Waals surface area contributed by atoms with Crippen molar-refractivity contribution in [1.29, 1.82) is 0 Å². The zero-order valence-corrected chi connectivity index (χ0v) is 15.9. The summed E-state index contributed by atoms with van der Waals surface area (Å²) in [6, 6.07) is 12.2. The van der Waals surface area contributed by atoms with Crippen LogP contribution in [-0.4, -0.2) is 22.5 Å². The van der Waals surface area contributed by atoms with Gasteiger partial charge in [-0.2, -0.15) is 18.2 Å². The van der Waals surface area contributed by atoms with Crippen LogP contribution in [0.4, 0.5) is 0 Å². The quantitative estimate of drug-likeness (QED) is 0.466. The number of rotatable bonds is 3. The second kappa shape index (κ2) is 7.59. The molecule has 1 aliphatic heterocycles. The molecule has 0 aliphatic carbocycles. The molecule has 2 aromatic rings.